The van der Waals surface area contributed by atoms with E-state index in [9.17, 15) is 8.42 Å². The lowest BCUT2D eigenvalue weighted by molar-refractivity contribution is 0.0408. The molecule has 0 spiro atoms. The Bertz CT molecular complexity index is 261. The van der Waals surface area contributed by atoms with E-state index < -0.39 is 9.84 Å². The van der Waals surface area contributed by atoms with Crippen molar-refractivity contribution in [2.24, 2.45) is 5.73 Å². The molecule has 1 saturated heterocycles. The number of sulfone groups is 1. The average molecular weight is 236 g/mol. The molecule has 1 rings (SSSR count). The first kappa shape index (κ1) is 12.9. The summed E-state index contributed by atoms with van der Waals surface area (Å²) in [5.41, 5.74) is 5.28. The first-order chi connectivity index (χ1) is 7.14. The van der Waals surface area contributed by atoms with Crippen LogP contribution in [0.1, 0.15) is 6.42 Å². The van der Waals surface area contributed by atoms with Crippen molar-refractivity contribution >= 4 is 9.84 Å². The van der Waals surface area contributed by atoms with Crippen LogP contribution in [0.2, 0.25) is 0 Å². The molecule has 0 aromatic carbocycles. The lowest BCUT2D eigenvalue weighted by Crippen LogP contribution is -2.39. The van der Waals surface area contributed by atoms with E-state index in [4.69, 9.17) is 10.5 Å². The summed E-state index contributed by atoms with van der Waals surface area (Å²) in [6.45, 7) is 4.16. The van der Waals surface area contributed by atoms with E-state index in [-0.39, 0.29) is 11.5 Å². The molecule has 90 valence electrons. The lowest BCUT2D eigenvalue weighted by atomic mass is 10.4. The van der Waals surface area contributed by atoms with E-state index in [1.54, 1.807) is 0 Å². The van der Waals surface area contributed by atoms with Gasteiger partial charge in [0.1, 0.15) is 0 Å². The molecule has 0 atom stereocenters. The van der Waals surface area contributed by atoms with Crippen molar-refractivity contribution in [1.82, 2.24) is 4.90 Å². The van der Waals surface area contributed by atoms with Gasteiger partial charge in [0.25, 0.3) is 0 Å². The molecule has 0 unspecified atom stereocenters. The Hall–Kier alpha value is -0.170. The Balaban J connectivity index is 2.22. The highest BCUT2D eigenvalue weighted by atomic mass is 32.2. The highest BCUT2D eigenvalue weighted by molar-refractivity contribution is 7.91. The fraction of sp³-hybridized carbons (Fsp3) is 1.00. The number of hydrogen-bond donors (Lipinski definition) is 1. The van der Waals surface area contributed by atoms with Gasteiger partial charge >= 0.3 is 0 Å². The zero-order chi connectivity index (χ0) is 11.1. The number of rotatable bonds is 6. The van der Waals surface area contributed by atoms with Crippen molar-refractivity contribution in [3.05, 3.63) is 0 Å². The summed E-state index contributed by atoms with van der Waals surface area (Å²) >= 11 is 0. The molecular weight excluding hydrogens is 216 g/mol. The second kappa shape index (κ2) is 6.42. The molecule has 1 aliphatic heterocycles. The first-order valence-corrected chi connectivity index (χ1v) is 7.17. The Labute approximate surface area is 91.5 Å². The molecule has 0 bridgehead atoms. The highest BCUT2D eigenvalue weighted by Crippen LogP contribution is 1.99. The van der Waals surface area contributed by atoms with Gasteiger partial charge in [-0.25, -0.2) is 8.42 Å². The van der Waals surface area contributed by atoms with Gasteiger partial charge in [0.15, 0.2) is 9.84 Å². The molecule has 0 aromatic rings. The van der Waals surface area contributed by atoms with Gasteiger partial charge in [-0.1, -0.05) is 0 Å². The summed E-state index contributed by atoms with van der Waals surface area (Å²) in [4.78, 5) is 2.13. The Kier molecular flexibility index (Phi) is 5.52. The van der Waals surface area contributed by atoms with Crippen LogP contribution in [-0.4, -0.2) is 64.2 Å². The molecule has 0 aromatic heterocycles. The third-order valence-electron chi connectivity index (χ3n) is 2.48. The molecule has 6 heteroatoms. The predicted octanol–water partition coefficient (Wildman–Crippen LogP) is -0.918. The molecule has 0 amide bonds. The number of hydrogen-bond acceptors (Lipinski definition) is 5. The monoisotopic (exact) mass is 236 g/mol. The number of morpholine rings is 1. The smallest absolute Gasteiger partial charge is 0.151 e. The van der Waals surface area contributed by atoms with Gasteiger partial charge in [-0.2, -0.15) is 0 Å². The maximum atomic E-state index is 11.5. The fourth-order valence-electron chi connectivity index (χ4n) is 1.50. The van der Waals surface area contributed by atoms with Crippen molar-refractivity contribution in [1.29, 1.82) is 0 Å². The van der Waals surface area contributed by atoms with Gasteiger partial charge in [0.05, 0.1) is 24.7 Å². The van der Waals surface area contributed by atoms with Crippen LogP contribution in [0, 0.1) is 0 Å². The van der Waals surface area contributed by atoms with Gasteiger partial charge in [-0.3, -0.25) is 4.90 Å². The van der Waals surface area contributed by atoms with E-state index in [0.29, 0.717) is 32.7 Å². The normalized spacial score (nSPS) is 19.3. The minimum absolute atomic E-state index is 0.216. The van der Waals surface area contributed by atoms with Gasteiger partial charge in [0.2, 0.25) is 0 Å². The number of nitrogens with two attached hydrogens (primary N) is 1. The summed E-state index contributed by atoms with van der Waals surface area (Å²) in [6.07, 6.45) is 0.561. The zero-order valence-corrected chi connectivity index (χ0v) is 9.84. The Morgan fingerprint density at radius 3 is 2.47 bits per heavy atom. The topological polar surface area (TPSA) is 72.6 Å². The molecule has 0 saturated carbocycles. The largest absolute Gasteiger partial charge is 0.379 e. The van der Waals surface area contributed by atoms with Crippen LogP contribution in [0.3, 0.4) is 0 Å². The SMILES string of the molecule is NCCCS(=O)(=O)CCN1CCOCC1. The predicted molar refractivity (Wildman–Crippen MR) is 59.6 cm³/mol. The Morgan fingerprint density at radius 2 is 1.87 bits per heavy atom. The Morgan fingerprint density at radius 1 is 1.20 bits per heavy atom. The van der Waals surface area contributed by atoms with Crippen LogP contribution < -0.4 is 5.73 Å². The standard InChI is InChI=1S/C9H20N2O3S/c10-2-1-8-15(12,13)9-5-11-3-6-14-7-4-11/h1-10H2. The second-order valence-corrected chi connectivity index (χ2v) is 6.05. The molecule has 5 nitrogen and oxygen atoms in total. The highest BCUT2D eigenvalue weighted by Gasteiger charge is 2.15. The maximum Gasteiger partial charge on any atom is 0.151 e. The van der Waals surface area contributed by atoms with Crippen LogP contribution in [0.25, 0.3) is 0 Å². The molecule has 0 aliphatic carbocycles. The molecule has 1 aliphatic rings. The molecule has 15 heavy (non-hydrogen) atoms. The lowest BCUT2D eigenvalue weighted by Gasteiger charge is -2.26. The fourth-order valence-corrected chi connectivity index (χ4v) is 2.85. The zero-order valence-electron chi connectivity index (χ0n) is 9.02. The minimum Gasteiger partial charge on any atom is -0.379 e. The molecule has 1 fully saturated rings. The summed E-state index contributed by atoms with van der Waals surface area (Å²) < 4.78 is 28.2. The van der Waals surface area contributed by atoms with Crippen molar-refractivity contribution < 1.29 is 13.2 Å². The van der Waals surface area contributed by atoms with Crippen LogP contribution in [0.5, 0.6) is 0 Å². The quantitative estimate of drug-likeness (QED) is 0.646. The molecular formula is C9H20N2O3S. The van der Waals surface area contributed by atoms with Crippen LogP contribution >= 0.6 is 0 Å². The van der Waals surface area contributed by atoms with Crippen LogP contribution in [0.4, 0.5) is 0 Å². The maximum absolute atomic E-state index is 11.5. The second-order valence-electron chi connectivity index (χ2n) is 3.75. The first-order valence-electron chi connectivity index (χ1n) is 5.34. The summed E-state index contributed by atoms with van der Waals surface area (Å²) in [5, 5.41) is 0. The molecule has 2 N–H and O–H groups in total. The van der Waals surface area contributed by atoms with Crippen molar-refractivity contribution in [3.63, 3.8) is 0 Å². The molecule has 1 heterocycles. The van der Waals surface area contributed by atoms with E-state index in [2.05, 4.69) is 4.90 Å². The average Bonchev–Trinajstić information content (AvgIpc) is 2.25. The summed E-state index contributed by atoms with van der Waals surface area (Å²) in [6, 6.07) is 0. The summed E-state index contributed by atoms with van der Waals surface area (Å²) in [5.74, 6) is 0.459. The minimum atomic E-state index is -2.91. The third kappa shape index (κ3) is 5.46. The van der Waals surface area contributed by atoms with E-state index in [0.717, 1.165) is 13.1 Å². The van der Waals surface area contributed by atoms with E-state index in [1.165, 1.54) is 0 Å². The van der Waals surface area contributed by atoms with Gasteiger partial charge < -0.3 is 10.5 Å². The van der Waals surface area contributed by atoms with Crippen molar-refractivity contribution in [2.45, 2.75) is 6.42 Å². The van der Waals surface area contributed by atoms with Crippen LogP contribution in [0.15, 0.2) is 0 Å². The van der Waals surface area contributed by atoms with Gasteiger partial charge in [0, 0.05) is 19.6 Å². The van der Waals surface area contributed by atoms with E-state index >= 15 is 0 Å². The summed E-state index contributed by atoms with van der Waals surface area (Å²) in [7, 11) is -2.91. The van der Waals surface area contributed by atoms with Crippen LogP contribution in [-0.2, 0) is 14.6 Å². The van der Waals surface area contributed by atoms with Gasteiger partial charge in [-0.05, 0) is 13.0 Å². The number of ether oxygens (including phenoxy) is 1. The van der Waals surface area contributed by atoms with Gasteiger partial charge in [-0.15, -0.1) is 0 Å². The number of nitrogens with zero attached hydrogens (tertiary/aromatic N) is 1. The van der Waals surface area contributed by atoms with Crippen molar-refractivity contribution in [3.8, 4) is 0 Å². The van der Waals surface area contributed by atoms with Crippen molar-refractivity contribution in [2.75, 3.05) is 50.9 Å². The molecule has 0 radical (unpaired) electrons. The van der Waals surface area contributed by atoms with E-state index in [1.807, 2.05) is 0 Å². The third-order valence-corrected chi connectivity index (χ3v) is 4.20.